The van der Waals surface area contributed by atoms with Gasteiger partial charge in [0.05, 0.1) is 11.6 Å². The molecule has 10 heteroatoms. The third kappa shape index (κ3) is 2.26. The molecule has 2 bridgehead atoms. The lowest BCUT2D eigenvalue weighted by Gasteiger charge is -2.35. The molecule has 2 aliphatic rings. The third-order valence-corrected chi connectivity index (χ3v) is 5.07. The van der Waals surface area contributed by atoms with Crippen molar-refractivity contribution in [2.45, 2.75) is 18.5 Å². The SMILES string of the molecule is O=C(NO)c1cnc(N2C[C@H]3C[C@@H]2CN3c2ccc3nonc3c2)nc1. The van der Waals surface area contributed by atoms with E-state index in [-0.39, 0.29) is 5.56 Å². The number of piperazine rings is 1. The smallest absolute Gasteiger partial charge is 0.277 e. The molecule has 2 aliphatic heterocycles. The van der Waals surface area contributed by atoms with Gasteiger partial charge in [-0.05, 0) is 34.9 Å². The molecule has 0 spiro atoms. The van der Waals surface area contributed by atoms with Gasteiger partial charge in [0.25, 0.3) is 5.91 Å². The summed E-state index contributed by atoms with van der Waals surface area (Å²) in [7, 11) is 0. The molecular formula is C16H15N7O3. The Balaban J connectivity index is 1.34. The molecule has 0 saturated carbocycles. The maximum Gasteiger partial charge on any atom is 0.277 e. The second-order valence-corrected chi connectivity index (χ2v) is 6.50. The topological polar surface area (TPSA) is 121 Å². The lowest BCUT2D eigenvalue weighted by atomic mass is 10.2. The monoisotopic (exact) mass is 353 g/mol. The van der Waals surface area contributed by atoms with Gasteiger partial charge in [-0.3, -0.25) is 10.0 Å². The summed E-state index contributed by atoms with van der Waals surface area (Å²) in [4.78, 5) is 24.4. The quantitative estimate of drug-likeness (QED) is 0.515. The van der Waals surface area contributed by atoms with Crippen LogP contribution in [0.1, 0.15) is 16.8 Å². The third-order valence-electron chi connectivity index (χ3n) is 5.07. The molecule has 2 atom stereocenters. The summed E-state index contributed by atoms with van der Waals surface area (Å²) in [6.45, 7) is 1.68. The fourth-order valence-corrected chi connectivity index (χ4v) is 3.83. The van der Waals surface area contributed by atoms with E-state index < -0.39 is 5.91 Å². The maximum absolute atomic E-state index is 11.4. The zero-order valence-electron chi connectivity index (χ0n) is 13.6. The number of fused-ring (bicyclic) bond motifs is 3. The first kappa shape index (κ1) is 15.0. The molecule has 2 saturated heterocycles. The minimum Gasteiger partial charge on any atom is -0.365 e. The van der Waals surface area contributed by atoms with Gasteiger partial charge in [-0.25, -0.2) is 20.1 Å². The average molecular weight is 353 g/mol. The molecule has 3 aromatic rings. The van der Waals surface area contributed by atoms with Gasteiger partial charge in [-0.15, -0.1) is 0 Å². The van der Waals surface area contributed by atoms with E-state index in [1.165, 1.54) is 12.4 Å². The fourth-order valence-electron chi connectivity index (χ4n) is 3.83. The highest BCUT2D eigenvalue weighted by Crippen LogP contribution is 2.36. The highest BCUT2D eigenvalue weighted by molar-refractivity contribution is 5.92. The zero-order valence-corrected chi connectivity index (χ0v) is 13.6. The minimum atomic E-state index is -0.622. The van der Waals surface area contributed by atoms with Crippen molar-refractivity contribution in [3.05, 3.63) is 36.2 Å². The molecule has 0 aliphatic carbocycles. The Hall–Kier alpha value is -3.27. The van der Waals surface area contributed by atoms with E-state index in [0.29, 0.717) is 18.0 Å². The van der Waals surface area contributed by atoms with Gasteiger partial charge >= 0.3 is 0 Å². The van der Waals surface area contributed by atoms with Crippen LogP contribution >= 0.6 is 0 Å². The highest BCUT2D eigenvalue weighted by Gasteiger charge is 2.44. The number of amides is 1. The molecule has 5 rings (SSSR count). The second kappa shape index (κ2) is 5.63. The number of hydrogen-bond donors (Lipinski definition) is 2. The maximum atomic E-state index is 11.4. The molecule has 1 amide bonds. The molecule has 2 aromatic heterocycles. The predicted molar refractivity (Wildman–Crippen MR) is 90.0 cm³/mol. The van der Waals surface area contributed by atoms with Gasteiger partial charge in [0.15, 0.2) is 0 Å². The number of rotatable bonds is 3. The van der Waals surface area contributed by atoms with Crippen molar-refractivity contribution in [1.29, 1.82) is 0 Å². The number of nitrogens with zero attached hydrogens (tertiary/aromatic N) is 6. The summed E-state index contributed by atoms with van der Waals surface area (Å²) in [5.74, 6) is -0.0220. The summed E-state index contributed by atoms with van der Waals surface area (Å²) in [6, 6.07) is 6.62. The van der Waals surface area contributed by atoms with Crippen LogP contribution in [0.3, 0.4) is 0 Å². The van der Waals surface area contributed by atoms with Crippen molar-refractivity contribution in [2.75, 3.05) is 22.9 Å². The molecule has 4 heterocycles. The van der Waals surface area contributed by atoms with Crippen LogP contribution in [0.4, 0.5) is 11.6 Å². The lowest BCUT2D eigenvalue weighted by molar-refractivity contribution is 0.0705. The van der Waals surface area contributed by atoms with Gasteiger partial charge in [0.2, 0.25) is 5.95 Å². The average Bonchev–Trinajstić information content (AvgIpc) is 3.41. The highest BCUT2D eigenvalue weighted by atomic mass is 16.6. The van der Waals surface area contributed by atoms with E-state index >= 15 is 0 Å². The first-order valence-corrected chi connectivity index (χ1v) is 8.25. The van der Waals surface area contributed by atoms with E-state index in [1.54, 1.807) is 5.48 Å². The lowest BCUT2D eigenvalue weighted by Crippen LogP contribution is -2.47. The van der Waals surface area contributed by atoms with Gasteiger partial charge in [0.1, 0.15) is 11.0 Å². The number of carbonyl (C=O) groups excluding carboxylic acids is 1. The normalized spacial score (nSPS) is 21.6. The van der Waals surface area contributed by atoms with E-state index in [2.05, 4.69) is 30.1 Å². The minimum absolute atomic E-state index is 0.219. The summed E-state index contributed by atoms with van der Waals surface area (Å²) in [5.41, 5.74) is 4.41. The Morgan fingerprint density at radius 3 is 2.58 bits per heavy atom. The molecule has 10 nitrogen and oxygen atoms in total. The molecule has 0 unspecified atom stereocenters. The van der Waals surface area contributed by atoms with Crippen LogP contribution in [0, 0.1) is 0 Å². The standard InChI is InChI=1S/C16H15N7O3/c24-15(19-25)9-5-17-16(18-6-9)23-8-11-3-12(23)7-22(11)10-1-2-13-14(4-10)21-26-20-13/h1-2,4-6,11-12,25H,3,7-8H2,(H,19,24)/t11-,12-/m1/s1. The Morgan fingerprint density at radius 2 is 1.85 bits per heavy atom. The van der Waals surface area contributed by atoms with Crippen LogP contribution < -0.4 is 15.3 Å². The Morgan fingerprint density at radius 1 is 1.12 bits per heavy atom. The molecule has 2 N–H and O–H groups in total. The van der Waals surface area contributed by atoms with Crippen molar-refractivity contribution in [1.82, 2.24) is 25.8 Å². The number of hydrogen-bond acceptors (Lipinski definition) is 9. The van der Waals surface area contributed by atoms with Crippen LogP contribution in [0.2, 0.25) is 0 Å². The first-order chi connectivity index (χ1) is 12.7. The van der Waals surface area contributed by atoms with Crippen molar-refractivity contribution >= 4 is 28.6 Å². The summed E-state index contributed by atoms with van der Waals surface area (Å²) < 4.78 is 4.77. The van der Waals surface area contributed by atoms with E-state index in [9.17, 15) is 4.79 Å². The van der Waals surface area contributed by atoms with Crippen molar-refractivity contribution < 1.29 is 14.6 Å². The predicted octanol–water partition coefficient (Wildman–Crippen LogP) is 0.599. The van der Waals surface area contributed by atoms with Gasteiger partial charge in [0, 0.05) is 37.2 Å². The summed E-state index contributed by atoms with van der Waals surface area (Å²) in [5, 5.41) is 16.4. The van der Waals surface area contributed by atoms with Crippen LogP contribution in [0.25, 0.3) is 11.0 Å². The zero-order chi connectivity index (χ0) is 17.7. The van der Waals surface area contributed by atoms with Crippen LogP contribution in [0.15, 0.2) is 35.2 Å². The van der Waals surface area contributed by atoms with Crippen LogP contribution in [-0.4, -0.2) is 56.6 Å². The van der Waals surface area contributed by atoms with Crippen molar-refractivity contribution in [2.24, 2.45) is 0 Å². The van der Waals surface area contributed by atoms with Gasteiger partial charge in [-0.1, -0.05) is 0 Å². The summed E-state index contributed by atoms with van der Waals surface area (Å²) >= 11 is 0. The number of aromatic nitrogens is 4. The van der Waals surface area contributed by atoms with E-state index in [1.807, 2.05) is 18.2 Å². The Labute approximate surface area is 147 Å². The van der Waals surface area contributed by atoms with E-state index in [4.69, 9.17) is 9.84 Å². The molecule has 132 valence electrons. The van der Waals surface area contributed by atoms with Crippen LogP contribution in [0.5, 0.6) is 0 Å². The number of carbonyl (C=O) groups is 1. The van der Waals surface area contributed by atoms with Crippen molar-refractivity contribution in [3.63, 3.8) is 0 Å². The summed E-state index contributed by atoms with van der Waals surface area (Å²) in [6.07, 6.45) is 3.86. The molecule has 0 radical (unpaired) electrons. The molecule has 26 heavy (non-hydrogen) atoms. The number of anilines is 2. The van der Waals surface area contributed by atoms with Crippen molar-refractivity contribution in [3.8, 4) is 0 Å². The fraction of sp³-hybridized carbons (Fsp3) is 0.312. The Bertz CT molecular complexity index is 973. The van der Waals surface area contributed by atoms with Gasteiger partial charge in [-0.2, -0.15) is 0 Å². The first-order valence-electron chi connectivity index (χ1n) is 8.25. The molecular weight excluding hydrogens is 338 g/mol. The largest absolute Gasteiger partial charge is 0.365 e. The second-order valence-electron chi connectivity index (χ2n) is 6.50. The number of nitrogens with one attached hydrogen (secondary N) is 1. The number of hydroxylamine groups is 1. The number of benzene rings is 1. The molecule has 1 aromatic carbocycles. The van der Waals surface area contributed by atoms with E-state index in [0.717, 1.165) is 36.2 Å². The van der Waals surface area contributed by atoms with Crippen LogP contribution in [-0.2, 0) is 0 Å². The Kier molecular flexibility index (Phi) is 3.25. The van der Waals surface area contributed by atoms with Gasteiger partial charge < -0.3 is 9.80 Å². The molecule has 2 fully saturated rings.